The molecule has 1 rings (SSSR count). The third-order valence-electron chi connectivity index (χ3n) is 1.10. The van der Waals surface area contributed by atoms with E-state index in [1.807, 2.05) is 4.31 Å². The van der Waals surface area contributed by atoms with Gasteiger partial charge in [-0.1, -0.05) is 0 Å². The van der Waals surface area contributed by atoms with Crippen LogP contribution in [0.3, 0.4) is 0 Å². The number of hydrogen-bond donors (Lipinski definition) is 1. The molecule has 8 heavy (non-hydrogen) atoms. The zero-order valence-electron chi connectivity index (χ0n) is 4.54. The molecule has 0 bridgehead atoms. The average molecular weight is 135 g/mol. The lowest BCUT2D eigenvalue weighted by atomic mass is 10.5. The van der Waals surface area contributed by atoms with Crippen molar-refractivity contribution in [3.63, 3.8) is 0 Å². The number of rotatable bonds is 1. The molecule has 0 spiro atoms. The summed E-state index contributed by atoms with van der Waals surface area (Å²) in [6.45, 7) is 3.03. The number of nitrogens with zero attached hydrogens (tertiary/aromatic N) is 1. The van der Waals surface area contributed by atoms with Crippen molar-refractivity contribution in [1.29, 1.82) is 0 Å². The predicted octanol–water partition coefficient (Wildman–Crippen LogP) is -0.821. The van der Waals surface area contributed by atoms with E-state index >= 15 is 0 Å². The minimum atomic E-state index is 0.130. The molecule has 3 nitrogen and oxygen atoms in total. The average Bonchev–Trinajstić information content (AvgIpc) is 1.90. The van der Waals surface area contributed by atoms with Crippen molar-refractivity contribution < 1.29 is 8.95 Å². The van der Waals surface area contributed by atoms with E-state index in [-0.39, 0.29) is 11.9 Å². The van der Waals surface area contributed by atoms with Gasteiger partial charge in [-0.15, -0.1) is 0 Å². The summed E-state index contributed by atoms with van der Waals surface area (Å²) in [6, 6.07) is 0. The second-order valence-corrected chi connectivity index (χ2v) is 2.38. The van der Waals surface area contributed by atoms with Gasteiger partial charge in [-0.05, 0) is 0 Å². The molecule has 0 aromatic carbocycles. The highest BCUT2D eigenvalue weighted by Gasteiger charge is 2.06. The lowest BCUT2D eigenvalue weighted by Crippen LogP contribution is -2.32. The van der Waals surface area contributed by atoms with Crippen LogP contribution in [0.1, 0.15) is 0 Å². The van der Waals surface area contributed by atoms with Gasteiger partial charge in [0.2, 0.25) is 0 Å². The van der Waals surface area contributed by atoms with Crippen LogP contribution < -0.4 is 0 Å². The van der Waals surface area contributed by atoms with Crippen LogP contribution >= 0.6 is 0 Å². The van der Waals surface area contributed by atoms with Gasteiger partial charge in [0.1, 0.15) is 0 Å². The summed E-state index contributed by atoms with van der Waals surface area (Å²) in [7, 11) is 0. The van der Waals surface area contributed by atoms with Crippen LogP contribution in [0.15, 0.2) is 0 Å². The maximum Gasteiger partial charge on any atom is 0.0809 e. The number of ether oxygens (including phenoxy) is 1. The van der Waals surface area contributed by atoms with Crippen molar-refractivity contribution in [3.8, 4) is 0 Å². The van der Waals surface area contributed by atoms with Gasteiger partial charge in [0, 0.05) is 13.1 Å². The molecule has 1 aliphatic rings. The van der Waals surface area contributed by atoms with Crippen molar-refractivity contribution in [2.24, 2.45) is 0 Å². The Bertz CT molecular complexity index is 82.1. The molecule has 0 atom stereocenters. The molecule has 1 heterocycles. The van der Waals surface area contributed by atoms with Crippen molar-refractivity contribution >= 4 is 11.9 Å². The van der Waals surface area contributed by atoms with Crippen molar-refractivity contribution in [3.05, 3.63) is 0 Å². The quantitative estimate of drug-likeness (QED) is 0.476. The molecular formula is C4H9NO2S. The number of hydrogen-bond acceptors (Lipinski definition) is 2. The van der Waals surface area contributed by atoms with Crippen LogP contribution in [0.5, 0.6) is 0 Å². The van der Waals surface area contributed by atoms with E-state index in [4.69, 9.17) is 4.74 Å². The number of morpholine rings is 1. The lowest BCUT2D eigenvalue weighted by Gasteiger charge is -2.19. The summed E-state index contributed by atoms with van der Waals surface area (Å²) >= 11 is 0.130. The van der Waals surface area contributed by atoms with Crippen molar-refractivity contribution in [2.45, 2.75) is 0 Å². The fourth-order valence-corrected chi connectivity index (χ4v) is 0.962. The summed E-state index contributed by atoms with van der Waals surface area (Å²) in [4.78, 5) is 0. The standard InChI is InChI=1S/C4H9NO2S/c6-8-5-1-3-7-4-2-5/h8H,1-4H2. The predicted molar refractivity (Wildman–Crippen MR) is 31.9 cm³/mol. The first-order chi connectivity index (χ1) is 3.93. The van der Waals surface area contributed by atoms with E-state index in [0.29, 0.717) is 0 Å². The van der Waals surface area contributed by atoms with Gasteiger partial charge in [-0.3, -0.25) is 0 Å². The molecule has 0 unspecified atom stereocenters. The van der Waals surface area contributed by atoms with E-state index in [2.05, 4.69) is 0 Å². The Labute approximate surface area is 52.2 Å². The Kier molecular flexibility index (Phi) is 2.45. The highest BCUT2D eigenvalue weighted by molar-refractivity contribution is 7.62. The molecule has 0 aromatic rings. The zero-order chi connectivity index (χ0) is 5.82. The maximum absolute atomic E-state index is 10.1. The second kappa shape index (κ2) is 3.17. The van der Waals surface area contributed by atoms with Gasteiger partial charge in [0.05, 0.1) is 25.1 Å². The first-order valence-corrected chi connectivity index (χ1v) is 3.36. The topological polar surface area (TPSA) is 29.5 Å². The van der Waals surface area contributed by atoms with E-state index in [1.165, 1.54) is 0 Å². The van der Waals surface area contributed by atoms with Gasteiger partial charge < -0.3 is 4.74 Å². The smallest absolute Gasteiger partial charge is 0.0809 e. The van der Waals surface area contributed by atoms with Crippen LogP contribution in [0, 0.1) is 0 Å². The third kappa shape index (κ3) is 1.54. The molecule has 48 valence electrons. The maximum atomic E-state index is 10.1. The highest BCUT2D eigenvalue weighted by atomic mass is 32.2. The van der Waals surface area contributed by atoms with Crippen LogP contribution in [0.2, 0.25) is 0 Å². The summed E-state index contributed by atoms with van der Waals surface area (Å²) in [6.07, 6.45) is 0. The van der Waals surface area contributed by atoms with E-state index in [0.717, 1.165) is 26.3 Å². The normalized spacial score (nSPS) is 23.5. The van der Waals surface area contributed by atoms with Gasteiger partial charge in [0.25, 0.3) is 0 Å². The molecule has 0 N–H and O–H groups in total. The van der Waals surface area contributed by atoms with Gasteiger partial charge in [-0.25, -0.2) is 8.51 Å². The van der Waals surface area contributed by atoms with Gasteiger partial charge in [-0.2, -0.15) is 0 Å². The number of thiol groups is 1. The van der Waals surface area contributed by atoms with Crippen LogP contribution in [-0.2, 0) is 16.6 Å². The van der Waals surface area contributed by atoms with E-state index < -0.39 is 0 Å². The fraction of sp³-hybridized carbons (Fsp3) is 1.00. The zero-order valence-corrected chi connectivity index (χ0v) is 5.43. The largest absolute Gasteiger partial charge is 0.379 e. The first-order valence-electron chi connectivity index (χ1n) is 2.59. The highest BCUT2D eigenvalue weighted by Crippen LogP contribution is 1.92. The van der Waals surface area contributed by atoms with Crippen molar-refractivity contribution in [1.82, 2.24) is 4.31 Å². The Balaban J connectivity index is 2.22. The lowest BCUT2D eigenvalue weighted by molar-refractivity contribution is 0.0763. The molecular weight excluding hydrogens is 126 g/mol. The summed E-state index contributed by atoms with van der Waals surface area (Å²) in [5.41, 5.74) is 0. The second-order valence-electron chi connectivity index (χ2n) is 1.65. The van der Waals surface area contributed by atoms with Gasteiger partial charge >= 0.3 is 0 Å². The molecule has 0 aromatic heterocycles. The Hall–Kier alpha value is 0.0700. The molecule has 0 saturated carbocycles. The van der Waals surface area contributed by atoms with E-state index in [9.17, 15) is 4.21 Å². The van der Waals surface area contributed by atoms with Gasteiger partial charge in [0.15, 0.2) is 0 Å². The molecule has 1 aliphatic heterocycles. The molecule has 0 amide bonds. The molecule has 4 heteroatoms. The molecule has 0 radical (unpaired) electrons. The Morgan fingerprint density at radius 3 is 2.38 bits per heavy atom. The van der Waals surface area contributed by atoms with Crippen LogP contribution in [-0.4, -0.2) is 34.8 Å². The molecule has 0 aliphatic carbocycles. The summed E-state index contributed by atoms with van der Waals surface area (Å²) < 4.78 is 17.0. The first kappa shape index (κ1) is 6.19. The Morgan fingerprint density at radius 1 is 1.38 bits per heavy atom. The minimum absolute atomic E-state index is 0.130. The fourth-order valence-electron chi connectivity index (χ4n) is 0.635. The van der Waals surface area contributed by atoms with Crippen molar-refractivity contribution in [2.75, 3.05) is 26.3 Å². The van der Waals surface area contributed by atoms with Crippen LogP contribution in [0.4, 0.5) is 0 Å². The third-order valence-corrected chi connectivity index (χ3v) is 1.73. The molecule has 1 saturated heterocycles. The SMILES string of the molecule is O=[SH]N1CCOCC1. The molecule has 1 fully saturated rings. The summed E-state index contributed by atoms with van der Waals surface area (Å²) in [5, 5.41) is 0. The Morgan fingerprint density at radius 2 is 2.00 bits per heavy atom. The monoisotopic (exact) mass is 135 g/mol. The summed E-state index contributed by atoms with van der Waals surface area (Å²) in [5.74, 6) is 0. The van der Waals surface area contributed by atoms with Crippen LogP contribution in [0.25, 0.3) is 0 Å². The minimum Gasteiger partial charge on any atom is -0.379 e. The van der Waals surface area contributed by atoms with E-state index in [1.54, 1.807) is 0 Å².